The molecule has 43 heavy (non-hydrogen) atoms. The summed E-state index contributed by atoms with van der Waals surface area (Å²) in [7, 11) is 1.66. The minimum atomic E-state index is -4.81. The number of alkyl halides is 3. The Balaban J connectivity index is 1.33. The van der Waals surface area contributed by atoms with Crippen molar-refractivity contribution < 1.29 is 46.8 Å². The number of nitrogens with zero attached hydrogens (tertiary/aromatic N) is 2. The van der Waals surface area contributed by atoms with Crippen molar-refractivity contribution in [3.8, 4) is 5.75 Å². The van der Waals surface area contributed by atoms with Crippen molar-refractivity contribution in [1.29, 1.82) is 0 Å². The lowest BCUT2D eigenvalue weighted by molar-refractivity contribution is -0.274. The van der Waals surface area contributed by atoms with E-state index in [9.17, 15) is 27.9 Å². The van der Waals surface area contributed by atoms with Crippen LogP contribution in [0, 0.1) is 11.3 Å². The van der Waals surface area contributed by atoms with Crippen molar-refractivity contribution in [2.75, 3.05) is 46.6 Å². The van der Waals surface area contributed by atoms with E-state index in [4.69, 9.17) is 14.2 Å². The van der Waals surface area contributed by atoms with Crippen molar-refractivity contribution >= 4 is 12.0 Å². The van der Waals surface area contributed by atoms with Crippen LogP contribution in [0.5, 0.6) is 5.75 Å². The van der Waals surface area contributed by atoms with Crippen LogP contribution < -0.4 is 10.1 Å². The van der Waals surface area contributed by atoms with Gasteiger partial charge in [-0.3, -0.25) is 4.79 Å². The molecule has 13 heteroatoms. The summed E-state index contributed by atoms with van der Waals surface area (Å²) in [6.45, 7) is 5.60. The molecule has 5 rings (SSSR count). The fourth-order valence-electron chi connectivity index (χ4n) is 7.10. The zero-order valence-corrected chi connectivity index (χ0v) is 25.0. The summed E-state index contributed by atoms with van der Waals surface area (Å²) in [4.78, 5) is 30.8. The molecule has 2 saturated heterocycles. The number of likely N-dealkylation sites (tertiary alicyclic amines) is 1. The first-order chi connectivity index (χ1) is 20.3. The van der Waals surface area contributed by atoms with E-state index in [1.807, 2.05) is 0 Å². The van der Waals surface area contributed by atoms with Crippen LogP contribution >= 0.6 is 0 Å². The Bertz CT molecular complexity index is 1180. The Morgan fingerprint density at radius 2 is 2.00 bits per heavy atom. The van der Waals surface area contributed by atoms with E-state index < -0.39 is 23.5 Å². The van der Waals surface area contributed by atoms with Crippen molar-refractivity contribution in [3.05, 3.63) is 29.3 Å². The maximum atomic E-state index is 14.4. The number of hydrogen-bond donors (Lipinski definition) is 2. The lowest BCUT2D eigenvalue weighted by Crippen LogP contribution is -2.52. The zero-order chi connectivity index (χ0) is 31.0. The van der Waals surface area contributed by atoms with Crippen LogP contribution in [0.3, 0.4) is 0 Å². The molecule has 0 aromatic heterocycles. The van der Waals surface area contributed by atoms with E-state index in [0.29, 0.717) is 51.1 Å². The first kappa shape index (κ1) is 31.8. The van der Waals surface area contributed by atoms with E-state index in [1.165, 1.54) is 12.1 Å². The van der Waals surface area contributed by atoms with E-state index >= 15 is 0 Å². The third kappa shape index (κ3) is 7.38. The Hall–Kier alpha value is -2.61. The summed E-state index contributed by atoms with van der Waals surface area (Å²) in [5.41, 5.74) is -0.337. The second-order valence-electron chi connectivity index (χ2n) is 12.9. The maximum Gasteiger partial charge on any atom is 0.573 e. The summed E-state index contributed by atoms with van der Waals surface area (Å²) in [5, 5.41) is 13.7. The smallest absolute Gasteiger partial charge is 0.449 e. The molecular weight excluding hydrogens is 571 g/mol. The summed E-state index contributed by atoms with van der Waals surface area (Å²) < 4.78 is 59.4. The topological polar surface area (TPSA) is 110 Å². The van der Waals surface area contributed by atoms with Crippen molar-refractivity contribution in [2.45, 2.75) is 82.6 Å². The molecule has 5 atom stereocenters. The molecule has 240 valence electrons. The lowest BCUT2D eigenvalue weighted by atomic mass is 9.78. The van der Waals surface area contributed by atoms with Gasteiger partial charge in [-0.25, -0.2) is 4.79 Å². The summed E-state index contributed by atoms with van der Waals surface area (Å²) >= 11 is 0. The number of benzene rings is 1. The molecule has 3 fully saturated rings. The third-order valence-corrected chi connectivity index (χ3v) is 9.27. The van der Waals surface area contributed by atoms with Gasteiger partial charge < -0.3 is 39.2 Å². The molecule has 1 saturated carbocycles. The van der Waals surface area contributed by atoms with Crippen LogP contribution in [0.25, 0.3) is 0 Å². The summed E-state index contributed by atoms with van der Waals surface area (Å²) in [6.07, 6.45) is -2.66. The number of nitrogens with one attached hydrogen (secondary N) is 1. The van der Waals surface area contributed by atoms with Gasteiger partial charge in [-0.1, -0.05) is 6.07 Å². The van der Waals surface area contributed by atoms with Crippen LogP contribution in [-0.2, 0) is 32.0 Å². The van der Waals surface area contributed by atoms with Crippen LogP contribution in [0.4, 0.5) is 18.0 Å². The molecule has 3 aliphatic heterocycles. The number of aliphatic hydroxyl groups is 1. The molecule has 1 aromatic carbocycles. The lowest BCUT2D eigenvalue weighted by Gasteiger charge is -2.38. The van der Waals surface area contributed by atoms with Crippen molar-refractivity contribution in [2.24, 2.45) is 11.3 Å². The Morgan fingerprint density at radius 3 is 2.72 bits per heavy atom. The molecule has 2 amide bonds. The van der Waals surface area contributed by atoms with E-state index in [2.05, 4.69) is 10.1 Å². The van der Waals surface area contributed by atoms with E-state index in [-0.39, 0.29) is 61.9 Å². The third-order valence-electron chi connectivity index (χ3n) is 9.27. The standard InChI is InChI=1S/C30H42F3N3O7/c1-28(2,39)8-11-42-27(38)36-16-21-13-22(34-24-7-10-41-17-25(24)40-3)14-29(21,18-36)26(37)35-9-6-19-4-5-23(12-20(19)15-35)43-30(31,32)33/h4-5,12,21-22,24-25,34,39H,6-11,13-18H2,1-3H3/t21-,22+,24-,25+,29-/m0/s1. The number of amides is 2. The number of hydrogen-bond acceptors (Lipinski definition) is 8. The van der Waals surface area contributed by atoms with Gasteiger partial charge in [-0.15, -0.1) is 13.2 Å². The maximum absolute atomic E-state index is 14.4. The van der Waals surface area contributed by atoms with Gasteiger partial charge in [0.25, 0.3) is 0 Å². The average Bonchev–Trinajstić information content (AvgIpc) is 3.46. The quantitative estimate of drug-likeness (QED) is 0.460. The minimum Gasteiger partial charge on any atom is -0.449 e. The fraction of sp³-hybridized carbons (Fsp3) is 0.733. The number of carbonyl (C=O) groups excluding carboxylic acids is 2. The van der Waals surface area contributed by atoms with Crippen LogP contribution in [0.2, 0.25) is 0 Å². The van der Waals surface area contributed by atoms with Crippen molar-refractivity contribution in [3.63, 3.8) is 0 Å². The molecule has 1 aliphatic carbocycles. The number of methoxy groups -OCH3 is 1. The van der Waals surface area contributed by atoms with E-state index in [1.54, 1.807) is 36.8 Å². The second kappa shape index (κ2) is 12.4. The molecule has 4 aliphatic rings. The summed E-state index contributed by atoms with van der Waals surface area (Å²) in [5.74, 6) is -0.537. The average molecular weight is 614 g/mol. The van der Waals surface area contributed by atoms with Crippen LogP contribution in [0.1, 0.15) is 50.7 Å². The molecule has 10 nitrogen and oxygen atoms in total. The molecule has 0 bridgehead atoms. The number of fused-ring (bicyclic) bond motifs is 2. The van der Waals surface area contributed by atoms with Crippen molar-refractivity contribution in [1.82, 2.24) is 15.1 Å². The first-order valence-electron chi connectivity index (χ1n) is 14.9. The molecule has 2 N–H and O–H groups in total. The Labute approximate surface area is 249 Å². The van der Waals surface area contributed by atoms with Gasteiger partial charge >= 0.3 is 12.5 Å². The fourth-order valence-corrected chi connectivity index (χ4v) is 7.10. The predicted octanol–water partition coefficient (Wildman–Crippen LogP) is 3.24. The normalized spacial score (nSPS) is 29.3. The molecular formula is C30H42F3N3O7. The van der Waals surface area contributed by atoms with Gasteiger partial charge in [0, 0.05) is 58.4 Å². The highest BCUT2D eigenvalue weighted by Gasteiger charge is 2.60. The van der Waals surface area contributed by atoms with Gasteiger partial charge in [-0.05, 0) is 68.7 Å². The first-order valence-corrected chi connectivity index (χ1v) is 14.9. The van der Waals surface area contributed by atoms with Crippen LogP contribution in [0.15, 0.2) is 18.2 Å². The number of carbonyl (C=O) groups is 2. The zero-order valence-electron chi connectivity index (χ0n) is 25.0. The van der Waals surface area contributed by atoms with Gasteiger partial charge in [0.1, 0.15) is 5.75 Å². The minimum absolute atomic E-state index is 0.0203. The monoisotopic (exact) mass is 613 g/mol. The van der Waals surface area contributed by atoms with Gasteiger partial charge in [-0.2, -0.15) is 0 Å². The number of rotatable bonds is 8. The SMILES string of the molecule is CO[C@@H]1COCC[C@@H]1N[C@@H]1C[C@H]2CN(C(=O)OCCC(C)(C)O)C[C@@]2(C(=O)N2CCc3ccc(OC(F)(F)F)cc3C2)C1. The Kier molecular flexibility index (Phi) is 9.18. The number of ether oxygens (including phenoxy) is 4. The highest BCUT2D eigenvalue weighted by atomic mass is 19.4. The molecule has 0 spiro atoms. The molecule has 0 unspecified atom stereocenters. The highest BCUT2D eigenvalue weighted by Crippen LogP contribution is 2.51. The molecule has 3 heterocycles. The Morgan fingerprint density at radius 1 is 1.21 bits per heavy atom. The van der Waals surface area contributed by atoms with Crippen LogP contribution in [-0.4, -0.2) is 104 Å². The predicted molar refractivity (Wildman–Crippen MR) is 148 cm³/mol. The molecule has 1 aromatic rings. The van der Waals surface area contributed by atoms with Gasteiger partial charge in [0.2, 0.25) is 5.91 Å². The number of halogens is 3. The molecule has 0 radical (unpaired) electrons. The van der Waals surface area contributed by atoms with Gasteiger partial charge in [0.15, 0.2) is 0 Å². The second-order valence-corrected chi connectivity index (χ2v) is 12.9. The van der Waals surface area contributed by atoms with E-state index in [0.717, 1.165) is 12.0 Å². The summed E-state index contributed by atoms with van der Waals surface area (Å²) in [6, 6.07) is 4.37. The largest absolute Gasteiger partial charge is 0.573 e. The highest BCUT2D eigenvalue weighted by molar-refractivity contribution is 5.86. The van der Waals surface area contributed by atoms with Gasteiger partial charge in [0.05, 0.1) is 30.3 Å².